The Kier molecular flexibility index (Phi) is 4.06. The van der Waals surface area contributed by atoms with Gasteiger partial charge in [0, 0.05) is 0 Å². The molecule has 0 unspecified atom stereocenters. The highest BCUT2D eigenvalue weighted by molar-refractivity contribution is 6.60. The van der Waals surface area contributed by atoms with Crippen LogP contribution in [0.4, 0.5) is 16.2 Å². The highest BCUT2D eigenvalue weighted by Gasteiger charge is 2.47. The first-order valence-corrected chi connectivity index (χ1v) is 7.42. The molecule has 1 aliphatic rings. The number of urea groups is 1. The highest BCUT2D eigenvalue weighted by Crippen LogP contribution is 2.29. The van der Waals surface area contributed by atoms with E-state index in [0.29, 0.717) is 4.90 Å². The third-order valence-corrected chi connectivity index (χ3v) is 3.81. The van der Waals surface area contributed by atoms with Crippen LogP contribution >= 0.6 is 0 Å². The van der Waals surface area contributed by atoms with Gasteiger partial charge >= 0.3 is 23.8 Å². The monoisotopic (exact) mass is 338 g/mol. The lowest BCUT2D eigenvalue weighted by atomic mass is 10.1. The van der Waals surface area contributed by atoms with Crippen LogP contribution in [0.2, 0.25) is 0 Å². The molecule has 0 spiro atoms. The molecule has 7 nitrogen and oxygen atoms in total. The molecule has 1 heterocycles. The Balaban J connectivity index is 2.06. The van der Waals surface area contributed by atoms with Gasteiger partial charge < -0.3 is 4.74 Å². The Labute approximate surface area is 143 Å². The predicted octanol–water partition coefficient (Wildman–Crippen LogP) is 2.28. The van der Waals surface area contributed by atoms with Crippen molar-refractivity contribution in [3.63, 3.8) is 0 Å². The van der Waals surface area contributed by atoms with E-state index in [9.17, 15) is 19.2 Å². The summed E-state index contributed by atoms with van der Waals surface area (Å²) in [5.41, 5.74) is 1.26. The number of ether oxygens (including phenoxy) is 1. The molecular weight excluding hydrogens is 324 g/mol. The number of carbonyl (C=O) groups excluding carboxylic acids is 4. The van der Waals surface area contributed by atoms with Gasteiger partial charge in [0.25, 0.3) is 0 Å². The predicted molar refractivity (Wildman–Crippen MR) is 89.3 cm³/mol. The van der Waals surface area contributed by atoms with E-state index < -0.39 is 23.8 Å². The van der Waals surface area contributed by atoms with Crippen molar-refractivity contribution >= 4 is 35.2 Å². The van der Waals surface area contributed by atoms with Crippen LogP contribution in [0.25, 0.3) is 0 Å². The summed E-state index contributed by atoms with van der Waals surface area (Å²) in [7, 11) is 1.19. The molecule has 4 amide bonds. The molecule has 1 aliphatic heterocycles. The van der Waals surface area contributed by atoms with Gasteiger partial charge in [-0.25, -0.2) is 19.4 Å². The quantitative estimate of drug-likeness (QED) is 0.487. The molecule has 0 aromatic heterocycles. The molecule has 0 saturated carbocycles. The van der Waals surface area contributed by atoms with Gasteiger partial charge in [-0.15, -0.1) is 0 Å². The number of rotatable bonds is 3. The van der Waals surface area contributed by atoms with Gasteiger partial charge in [-0.2, -0.15) is 0 Å². The average molecular weight is 338 g/mol. The first-order valence-electron chi connectivity index (χ1n) is 7.42. The van der Waals surface area contributed by atoms with Crippen molar-refractivity contribution in [3.8, 4) is 0 Å². The van der Waals surface area contributed by atoms with Crippen LogP contribution in [-0.2, 0) is 14.3 Å². The third-order valence-electron chi connectivity index (χ3n) is 3.81. The molecule has 2 aromatic carbocycles. The number of benzene rings is 2. The zero-order valence-corrected chi connectivity index (χ0v) is 13.6. The summed E-state index contributed by atoms with van der Waals surface area (Å²) < 4.78 is 4.67. The fourth-order valence-corrected chi connectivity index (χ4v) is 2.55. The third kappa shape index (κ3) is 2.65. The van der Waals surface area contributed by atoms with E-state index in [0.717, 1.165) is 10.5 Å². The molecule has 126 valence electrons. The number of imide groups is 2. The molecule has 0 radical (unpaired) electrons. The molecule has 0 atom stereocenters. The smallest absolute Gasteiger partial charge is 0.343 e. The Hall–Kier alpha value is -3.48. The average Bonchev–Trinajstić information content (AvgIpc) is 2.84. The summed E-state index contributed by atoms with van der Waals surface area (Å²) in [4.78, 5) is 50.8. The van der Waals surface area contributed by atoms with Crippen LogP contribution in [-0.4, -0.2) is 30.9 Å². The number of anilines is 2. The van der Waals surface area contributed by atoms with Gasteiger partial charge in [0.1, 0.15) is 0 Å². The van der Waals surface area contributed by atoms with Crippen molar-refractivity contribution in [2.75, 3.05) is 16.9 Å². The van der Waals surface area contributed by atoms with Crippen LogP contribution in [0.15, 0.2) is 48.5 Å². The van der Waals surface area contributed by atoms with E-state index in [1.54, 1.807) is 36.4 Å². The summed E-state index contributed by atoms with van der Waals surface area (Å²) in [6, 6.07) is 11.7. The van der Waals surface area contributed by atoms with E-state index in [4.69, 9.17) is 0 Å². The molecule has 25 heavy (non-hydrogen) atoms. The number of carbonyl (C=O) groups is 4. The van der Waals surface area contributed by atoms with Crippen molar-refractivity contribution in [3.05, 3.63) is 59.7 Å². The number of esters is 1. The molecule has 3 rings (SSSR count). The number of nitrogens with zero attached hydrogens (tertiary/aromatic N) is 2. The van der Waals surface area contributed by atoms with Gasteiger partial charge in [0.2, 0.25) is 0 Å². The molecular formula is C18H14N2O5. The summed E-state index contributed by atoms with van der Waals surface area (Å²) in [6.07, 6.45) is 0. The first-order chi connectivity index (χ1) is 12.0. The second-order valence-corrected chi connectivity index (χ2v) is 5.41. The minimum absolute atomic E-state index is 0.00677. The SMILES string of the molecule is COC(=O)c1ccccc1N1C(=O)C(=O)N(c2ccc(C)cc2)C1=O. The number of aryl methyl sites for hydroxylation is 1. The molecule has 0 N–H and O–H groups in total. The van der Waals surface area contributed by atoms with Crippen molar-refractivity contribution in [2.45, 2.75) is 6.92 Å². The lowest BCUT2D eigenvalue weighted by Gasteiger charge is -2.17. The maximum Gasteiger partial charge on any atom is 0.343 e. The Morgan fingerprint density at radius 3 is 2.12 bits per heavy atom. The van der Waals surface area contributed by atoms with Crippen molar-refractivity contribution < 1.29 is 23.9 Å². The summed E-state index contributed by atoms with van der Waals surface area (Å²) in [5, 5.41) is 0. The second kappa shape index (κ2) is 6.20. The fourth-order valence-electron chi connectivity index (χ4n) is 2.55. The zero-order chi connectivity index (χ0) is 18.1. The van der Waals surface area contributed by atoms with E-state index in [1.807, 2.05) is 6.92 Å². The van der Waals surface area contributed by atoms with Crippen LogP contribution in [0, 0.1) is 6.92 Å². The lowest BCUT2D eigenvalue weighted by Crippen LogP contribution is -2.34. The van der Waals surface area contributed by atoms with E-state index in [-0.39, 0.29) is 16.9 Å². The Morgan fingerprint density at radius 1 is 0.880 bits per heavy atom. The summed E-state index contributed by atoms with van der Waals surface area (Å²) in [5.74, 6) is -2.71. The summed E-state index contributed by atoms with van der Waals surface area (Å²) in [6.45, 7) is 1.86. The largest absolute Gasteiger partial charge is 0.465 e. The van der Waals surface area contributed by atoms with Crippen LogP contribution < -0.4 is 9.80 Å². The van der Waals surface area contributed by atoms with E-state index in [1.165, 1.54) is 19.2 Å². The maximum absolute atomic E-state index is 12.7. The van der Waals surface area contributed by atoms with Crippen LogP contribution in [0.3, 0.4) is 0 Å². The molecule has 7 heteroatoms. The summed E-state index contributed by atoms with van der Waals surface area (Å²) >= 11 is 0. The molecule has 1 fully saturated rings. The van der Waals surface area contributed by atoms with Gasteiger partial charge in [0.15, 0.2) is 0 Å². The topological polar surface area (TPSA) is 84.0 Å². The van der Waals surface area contributed by atoms with E-state index >= 15 is 0 Å². The van der Waals surface area contributed by atoms with E-state index in [2.05, 4.69) is 4.74 Å². The number of methoxy groups -OCH3 is 1. The molecule has 0 bridgehead atoms. The minimum atomic E-state index is -1.03. The first kappa shape index (κ1) is 16.4. The van der Waals surface area contributed by atoms with Gasteiger partial charge in [0.05, 0.1) is 24.0 Å². The van der Waals surface area contributed by atoms with Crippen molar-refractivity contribution in [2.24, 2.45) is 0 Å². The number of amides is 4. The van der Waals surface area contributed by atoms with Crippen molar-refractivity contribution in [1.29, 1.82) is 0 Å². The van der Waals surface area contributed by atoms with Gasteiger partial charge in [-0.1, -0.05) is 29.8 Å². The second-order valence-electron chi connectivity index (χ2n) is 5.41. The molecule has 0 aliphatic carbocycles. The van der Waals surface area contributed by atoms with Crippen molar-refractivity contribution in [1.82, 2.24) is 0 Å². The Bertz CT molecular complexity index is 889. The van der Waals surface area contributed by atoms with Gasteiger partial charge in [-0.05, 0) is 31.2 Å². The number of hydrogen-bond acceptors (Lipinski definition) is 5. The Morgan fingerprint density at radius 2 is 1.48 bits per heavy atom. The maximum atomic E-state index is 12.7. The number of hydrogen-bond donors (Lipinski definition) is 0. The fraction of sp³-hybridized carbons (Fsp3) is 0.111. The number of para-hydroxylation sites is 1. The zero-order valence-electron chi connectivity index (χ0n) is 13.6. The van der Waals surface area contributed by atoms with Gasteiger partial charge in [-0.3, -0.25) is 9.59 Å². The molecule has 2 aromatic rings. The van der Waals surface area contributed by atoms with Crippen LogP contribution in [0.1, 0.15) is 15.9 Å². The highest BCUT2D eigenvalue weighted by atomic mass is 16.5. The standard InChI is InChI=1S/C18H14N2O5/c1-11-7-9-12(10-8-11)19-15(21)16(22)20(18(19)24)14-6-4-3-5-13(14)17(23)25-2/h3-10H,1-2H3. The molecule has 1 saturated heterocycles. The normalized spacial score (nSPS) is 14.2. The lowest BCUT2D eigenvalue weighted by molar-refractivity contribution is -0.133. The van der Waals surface area contributed by atoms with Crippen LogP contribution in [0.5, 0.6) is 0 Å². The minimum Gasteiger partial charge on any atom is -0.465 e.